The lowest BCUT2D eigenvalue weighted by atomic mass is 10.0. The third kappa shape index (κ3) is 2.33. The van der Waals surface area contributed by atoms with Crippen molar-refractivity contribution in [2.45, 2.75) is 25.3 Å². The summed E-state index contributed by atoms with van der Waals surface area (Å²) in [7, 11) is 1.50. The highest BCUT2D eigenvalue weighted by Gasteiger charge is 2.30. The molecule has 1 unspecified atom stereocenters. The van der Waals surface area contributed by atoms with Crippen molar-refractivity contribution in [3.63, 3.8) is 0 Å². The van der Waals surface area contributed by atoms with Crippen LogP contribution >= 0.6 is 11.6 Å². The smallest absolute Gasteiger partial charge is 0.240 e. The monoisotopic (exact) mass is 270 g/mol. The molecule has 1 aliphatic rings. The molecule has 1 amide bonds. The molecule has 98 valence electrons. The van der Waals surface area contributed by atoms with Crippen LogP contribution in [0.5, 0.6) is 5.75 Å². The maximum absolute atomic E-state index is 11.5. The number of amides is 1. The summed E-state index contributed by atoms with van der Waals surface area (Å²) in [6.45, 7) is 0.706. The van der Waals surface area contributed by atoms with Gasteiger partial charge in [-0.1, -0.05) is 11.6 Å². The topological polar surface area (TPSA) is 81.3 Å². The predicted octanol–water partition coefficient (Wildman–Crippen LogP) is 0.983. The quantitative estimate of drug-likeness (QED) is 0.828. The molecule has 7 heteroatoms. The van der Waals surface area contributed by atoms with Gasteiger partial charge in [-0.05, 0) is 19.3 Å². The van der Waals surface area contributed by atoms with E-state index in [2.05, 4.69) is 9.97 Å². The molecular weight excluding hydrogens is 256 g/mol. The molecule has 0 radical (unpaired) electrons. The Morgan fingerprint density at radius 2 is 2.33 bits per heavy atom. The molecule has 0 spiro atoms. The predicted molar refractivity (Wildman–Crippen MR) is 67.8 cm³/mol. The van der Waals surface area contributed by atoms with Crippen molar-refractivity contribution >= 4 is 23.3 Å². The van der Waals surface area contributed by atoms with Crippen molar-refractivity contribution in [1.29, 1.82) is 0 Å². The summed E-state index contributed by atoms with van der Waals surface area (Å²) in [6.07, 6.45) is 4.03. The second-order valence-corrected chi connectivity index (χ2v) is 4.49. The Hall–Kier alpha value is -1.56. The second-order valence-electron chi connectivity index (χ2n) is 4.13. The molecule has 0 saturated carbocycles. The molecule has 1 aliphatic heterocycles. The number of anilines is 1. The van der Waals surface area contributed by atoms with Gasteiger partial charge < -0.3 is 15.4 Å². The molecule has 1 aromatic heterocycles. The normalized spacial score (nSPS) is 19.7. The number of piperidine rings is 1. The Bertz CT molecular complexity index is 455. The van der Waals surface area contributed by atoms with Crippen LogP contribution in [-0.2, 0) is 4.79 Å². The van der Waals surface area contributed by atoms with Crippen LogP contribution in [0.1, 0.15) is 19.3 Å². The van der Waals surface area contributed by atoms with Crippen LogP contribution in [0.3, 0.4) is 0 Å². The van der Waals surface area contributed by atoms with Crippen LogP contribution in [0.15, 0.2) is 6.33 Å². The average Bonchev–Trinajstić information content (AvgIpc) is 2.38. The molecule has 0 bridgehead atoms. The molecule has 0 aliphatic carbocycles. The van der Waals surface area contributed by atoms with Gasteiger partial charge in [0.05, 0.1) is 7.11 Å². The van der Waals surface area contributed by atoms with E-state index in [4.69, 9.17) is 22.1 Å². The molecule has 1 fully saturated rings. The Labute approximate surface area is 110 Å². The SMILES string of the molecule is COc1c(Cl)ncnc1N1CCCCC1C(N)=O. The summed E-state index contributed by atoms with van der Waals surface area (Å²) in [5.41, 5.74) is 5.43. The van der Waals surface area contributed by atoms with Crippen LogP contribution in [0.4, 0.5) is 5.82 Å². The summed E-state index contributed by atoms with van der Waals surface area (Å²) in [4.78, 5) is 21.4. The fraction of sp³-hybridized carbons (Fsp3) is 0.545. The van der Waals surface area contributed by atoms with Gasteiger partial charge in [-0.3, -0.25) is 4.79 Å². The Balaban J connectivity index is 2.39. The summed E-state index contributed by atoms with van der Waals surface area (Å²) in [5.74, 6) is 0.555. The largest absolute Gasteiger partial charge is 0.490 e. The first-order valence-corrected chi connectivity index (χ1v) is 6.13. The van der Waals surface area contributed by atoms with Gasteiger partial charge in [0.2, 0.25) is 5.91 Å². The number of methoxy groups -OCH3 is 1. The Morgan fingerprint density at radius 3 is 3.00 bits per heavy atom. The summed E-state index contributed by atoms with van der Waals surface area (Å²) >= 11 is 5.96. The second kappa shape index (κ2) is 5.39. The number of primary amides is 1. The molecule has 1 saturated heterocycles. The van der Waals surface area contributed by atoms with E-state index in [9.17, 15) is 4.79 Å². The first kappa shape index (κ1) is 12.9. The van der Waals surface area contributed by atoms with Gasteiger partial charge in [-0.15, -0.1) is 0 Å². The highest BCUT2D eigenvalue weighted by Crippen LogP contribution is 2.34. The first-order valence-electron chi connectivity index (χ1n) is 5.75. The lowest BCUT2D eigenvalue weighted by Gasteiger charge is -2.35. The molecule has 2 heterocycles. The number of nitrogens with zero attached hydrogens (tertiary/aromatic N) is 3. The van der Waals surface area contributed by atoms with Gasteiger partial charge in [-0.25, -0.2) is 9.97 Å². The van der Waals surface area contributed by atoms with E-state index in [-0.39, 0.29) is 17.1 Å². The number of carbonyl (C=O) groups excluding carboxylic acids is 1. The maximum atomic E-state index is 11.5. The van der Waals surface area contributed by atoms with Gasteiger partial charge in [0.1, 0.15) is 12.4 Å². The number of carbonyl (C=O) groups is 1. The molecule has 0 aromatic carbocycles. The van der Waals surface area contributed by atoms with Crippen molar-refractivity contribution in [3.05, 3.63) is 11.5 Å². The van der Waals surface area contributed by atoms with Crippen molar-refractivity contribution in [2.75, 3.05) is 18.6 Å². The summed E-state index contributed by atoms with van der Waals surface area (Å²) in [5, 5.41) is 0.233. The highest BCUT2D eigenvalue weighted by molar-refractivity contribution is 6.31. The van der Waals surface area contributed by atoms with Crippen molar-refractivity contribution in [1.82, 2.24) is 9.97 Å². The van der Waals surface area contributed by atoms with E-state index < -0.39 is 0 Å². The molecule has 2 rings (SSSR count). The van der Waals surface area contributed by atoms with Crippen LogP contribution in [0.25, 0.3) is 0 Å². The minimum absolute atomic E-state index is 0.233. The summed E-state index contributed by atoms with van der Waals surface area (Å²) in [6, 6.07) is -0.362. The first-order chi connectivity index (χ1) is 8.65. The molecule has 2 N–H and O–H groups in total. The van der Waals surface area contributed by atoms with E-state index in [0.29, 0.717) is 18.1 Å². The number of aromatic nitrogens is 2. The Morgan fingerprint density at radius 1 is 1.56 bits per heavy atom. The molecule has 1 aromatic rings. The van der Waals surface area contributed by atoms with Crippen molar-refractivity contribution < 1.29 is 9.53 Å². The number of hydrogen-bond donors (Lipinski definition) is 1. The molecule has 6 nitrogen and oxygen atoms in total. The fourth-order valence-electron chi connectivity index (χ4n) is 2.20. The van der Waals surface area contributed by atoms with E-state index in [0.717, 1.165) is 19.3 Å². The third-order valence-corrected chi connectivity index (χ3v) is 3.32. The van der Waals surface area contributed by atoms with Crippen LogP contribution in [-0.4, -0.2) is 35.6 Å². The zero-order chi connectivity index (χ0) is 13.1. The molecular formula is C11H15ClN4O2. The third-order valence-electron chi connectivity index (χ3n) is 3.05. The van der Waals surface area contributed by atoms with Crippen LogP contribution in [0.2, 0.25) is 5.15 Å². The van der Waals surface area contributed by atoms with Crippen molar-refractivity contribution in [3.8, 4) is 5.75 Å². The van der Waals surface area contributed by atoms with Gasteiger partial charge in [0, 0.05) is 6.54 Å². The van der Waals surface area contributed by atoms with Crippen LogP contribution < -0.4 is 15.4 Å². The van der Waals surface area contributed by atoms with Gasteiger partial charge >= 0.3 is 0 Å². The Kier molecular flexibility index (Phi) is 3.86. The van der Waals surface area contributed by atoms with Gasteiger partial charge in [0.25, 0.3) is 0 Å². The number of ether oxygens (including phenoxy) is 1. The molecule has 18 heavy (non-hydrogen) atoms. The van der Waals surface area contributed by atoms with E-state index in [1.54, 1.807) is 0 Å². The number of rotatable bonds is 3. The lowest BCUT2D eigenvalue weighted by molar-refractivity contribution is -0.119. The number of halogens is 1. The standard InChI is InChI=1S/C11H15ClN4O2/c1-18-8-9(12)14-6-15-11(8)16-5-3-2-4-7(16)10(13)17/h6-7H,2-5H2,1H3,(H2,13,17). The number of nitrogens with two attached hydrogens (primary N) is 1. The van der Waals surface area contributed by atoms with Crippen LogP contribution in [0, 0.1) is 0 Å². The number of hydrogen-bond acceptors (Lipinski definition) is 5. The molecule has 1 atom stereocenters. The minimum Gasteiger partial charge on any atom is -0.490 e. The zero-order valence-corrected chi connectivity index (χ0v) is 10.9. The minimum atomic E-state index is -0.362. The zero-order valence-electron chi connectivity index (χ0n) is 10.1. The van der Waals surface area contributed by atoms with Gasteiger partial charge in [-0.2, -0.15) is 0 Å². The fourth-order valence-corrected chi connectivity index (χ4v) is 2.41. The van der Waals surface area contributed by atoms with Crippen molar-refractivity contribution in [2.24, 2.45) is 5.73 Å². The van der Waals surface area contributed by atoms with E-state index in [1.807, 2.05) is 4.90 Å². The van der Waals surface area contributed by atoms with E-state index >= 15 is 0 Å². The highest BCUT2D eigenvalue weighted by atomic mass is 35.5. The maximum Gasteiger partial charge on any atom is 0.240 e. The summed E-state index contributed by atoms with van der Waals surface area (Å²) < 4.78 is 5.21. The van der Waals surface area contributed by atoms with Gasteiger partial charge in [0.15, 0.2) is 16.7 Å². The van der Waals surface area contributed by atoms with E-state index in [1.165, 1.54) is 13.4 Å². The average molecular weight is 271 g/mol. The lowest BCUT2D eigenvalue weighted by Crippen LogP contribution is -2.48.